The molecule has 0 fully saturated rings. The SMILES string of the molecule is C[Si](C)(C)c1nnn2c1C(c1cccnc1)NC(=O)C2. The van der Waals surface area contributed by atoms with Gasteiger partial charge in [0.25, 0.3) is 0 Å². The van der Waals surface area contributed by atoms with Gasteiger partial charge >= 0.3 is 0 Å². The summed E-state index contributed by atoms with van der Waals surface area (Å²) >= 11 is 0. The summed E-state index contributed by atoms with van der Waals surface area (Å²) in [4.78, 5) is 16.0. The molecule has 2 aromatic heterocycles. The molecule has 104 valence electrons. The number of carbonyl (C=O) groups is 1. The summed E-state index contributed by atoms with van der Waals surface area (Å²) in [5.74, 6) is -0.0432. The van der Waals surface area contributed by atoms with Gasteiger partial charge < -0.3 is 5.32 Å². The quantitative estimate of drug-likeness (QED) is 0.813. The van der Waals surface area contributed by atoms with E-state index in [0.717, 1.165) is 16.6 Å². The Hall–Kier alpha value is -2.02. The van der Waals surface area contributed by atoms with Crippen LogP contribution in [0.1, 0.15) is 17.3 Å². The molecule has 0 saturated carbocycles. The first-order chi connectivity index (χ1) is 9.47. The van der Waals surface area contributed by atoms with Crippen molar-refractivity contribution < 1.29 is 4.79 Å². The minimum Gasteiger partial charge on any atom is -0.342 e. The fraction of sp³-hybridized carbons (Fsp3) is 0.385. The van der Waals surface area contributed by atoms with Crippen LogP contribution < -0.4 is 10.6 Å². The van der Waals surface area contributed by atoms with Crippen molar-refractivity contribution in [1.29, 1.82) is 0 Å². The minimum absolute atomic E-state index is 0.0432. The standard InChI is InChI=1S/C13H17N5OSi/c1-20(2,3)13-12-11(9-5-4-6-14-7-9)15-10(19)8-18(12)17-16-13/h4-7,11H,8H2,1-3H3,(H,15,19). The fourth-order valence-corrected chi connectivity index (χ4v) is 3.84. The number of hydrogen-bond acceptors (Lipinski definition) is 4. The first-order valence-corrected chi connectivity index (χ1v) is 10.1. The van der Waals surface area contributed by atoms with Crippen LogP contribution in [0.2, 0.25) is 19.6 Å². The molecular formula is C13H17N5OSi. The average Bonchev–Trinajstić information content (AvgIpc) is 2.82. The second kappa shape index (κ2) is 4.52. The summed E-state index contributed by atoms with van der Waals surface area (Å²) in [5, 5.41) is 12.6. The molecule has 0 aliphatic carbocycles. The number of aromatic nitrogens is 4. The normalized spacial score (nSPS) is 18.6. The Morgan fingerprint density at radius 3 is 2.85 bits per heavy atom. The third-order valence-corrected chi connectivity index (χ3v) is 5.15. The van der Waals surface area contributed by atoms with E-state index in [-0.39, 0.29) is 18.5 Å². The van der Waals surface area contributed by atoms with E-state index in [1.165, 1.54) is 0 Å². The van der Waals surface area contributed by atoms with E-state index in [9.17, 15) is 4.79 Å². The van der Waals surface area contributed by atoms with E-state index in [1.807, 2.05) is 12.1 Å². The molecule has 0 saturated heterocycles. The van der Waals surface area contributed by atoms with Gasteiger partial charge in [0, 0.05) is 12.4 Å². The maximum absolute atomic E-state index is 11.9. The van der Waals surface area contributed by atoms with Crippen LogP contribution >= 0.6 is 0 Å². The highest BCUT2D eigenvalue weighted by molar-refractivity contribution is 6.88. The summed E-state index contributed by atoms with van der Waals surface area (Å²) in [6.45, 7) is 6.93. The van der Waals surface area contributed by atoms with Crippen LogP contribution in [0.5, 0.6) is 0 Å². The lowest BCUT2D eigenvalue weighted by Gasteiger charge is -2.27. The largest absolute Gasteiger partial charge is 0.342 e. The second-order valence-electron chi connectivity index (χ2n) is 6.02. The molecule has 1 atom stereocenters. The van der Waals surface area contributed by atoms with E-state index in [0.29, 0.717) is 0 Å². The van der Waals surface area contributed by atoms with E-state index in [4.69, 9.17) is 0 Å². The summed E-state index contributed by atoms with van der Waals surface area (Å²) in [5.41, 5.74) is 1.97. The zero-order chi connectivity index (χ0) is 14.3. The minimum atomic E-state index is -1.62. The summed E-state index contributed by atoms with van der Waals surface area (Å²) < 4.78 is 1.73. The van der Waals surface area contributed by atoms with Gasteiger partial charge in [-0.1, -0.05) is 30.9 Å². The lowest BCUT2D eigenvalue weighted by atomic mass is 10.0. The van der Waals surface area contributed by atoms with Crippen LogP contribution in [0, 0.1) is 0 Å². The zero-order valence-corrected chi connectivity index (χ0v) is 12.8. The van der Waals surface area contributed by atoms with Crippen molar-refractivity contribution in [2.24, 2.45) is 0 Å². The summed E-state index contributed by atoms with van der Waals surface area (Å²) in [6.07, 6.45) is 3.50. The van der Waals surface area contributed by atoms with E-state index in [2.05, 4.69) is 40.3 Å². The van der Waals surface area contributed by atoms with Crippen molar-refractivity contribution >= 4 is 19.3 Å². The number of nitrogens with zero attached hydrogens (tertiary/aromatic N) is 4. The molecule has 1 amide bonds. The molecule has 0 aromatic carbocycles. The summed E-state index contributed by atoms with van der Waals surface area (Å²) in [7, 11) is -1.62. The lowest BCUT2D eigenvalue weighted by molar-refractivity contribution is -0.123. The number of hydrogen-bond donors (Lipinski definition) is 1. The van der Waals surface area contributed by atoms with Crippen molar-refractivity contribution in [3.05, 3.63) is 35.8 Å². The Labute approximate surface area is 118 Å². The van der Waals surface area contributed by atoms with Crippen molar-refractivity contribution in [3.8, 4) is 0 Å². The molecule has 3 rings (SSSR count). The van der Waals surface area contributed by atoms with Gasteiger partial charge in [0.2, 0.25) is 5.91 Å². The van der Waals surface area contributed by atoms with E-state index >= 15 is 0 Å². The number of pyridine rings is 1. The monoisotopic (exact) mass is 287 g/mol. The van der Waals surface area contributed by atoms with Crippen LogP contribution in [0.25, 0.3) is 0 Å². The molecule has 1 N–H and O–H groups in total. The molecule has 6 nitrogen and oxygen atoms in total. The van der Waals surface area contributed by atoms with Crippen LogP contribution in [-0.2, 0) is 11.3 Å². The third-order valence-electron chi connectivity index (χ3n) is 3.37. The van der Waals surface area contributed by atoms with Gasteiger partial charge in [-0.3, -0.25) is 9.78 Å². The molecule has 3 heterocycles. The number of rotatable bonds is 2. The number of carbonyl (C=O) groups excluding carboxylic acids is 1. The van der Waals surface area contributed by atoms with Crippen molar-refractivity contribution in [2.75, 3.05) is 0 Å². The molecule has 1 aliphatic heterocycles. The Bertz CT molecular complexity index is 647. The third kappa shape index (κ3) is 2.13. The lowest BCUT2D eigenvalue weighted by Crippen LogP contribution is -2.47. The first-order valence-electron chi connectivity index (χ1n) is 6.60. The first kappa shape index (κ1) is 13.0. The molecule has 7 heteroatoms. The van der Waals surface area contributed by atoms with Crippen LogP contribution in [0.4, 0.5) is 0 Å². The maximum atomic E-state index is 11.9. The predicted octanol–water partition coefficient (Wildman–Crippen LogP) is 0.437. The molecule has 2 aromatic rings. The molecule has 20 heavy (non-hydrogen) atoms. The Kier molecular flexibility index (Phi) is 2.93. The highest BCUT2D eigenvalue weighted by Crippen LogP contribution is 2.24. The van der Waals surface area contributed by atoms with Gasteiger partial charge in [-0.15, -0.1) is 5.10 Å². The van der Waals surface area contributed by atoms with Crippen LogP contribution in [0.3, 0.4) is 0 Å². The molecule has 0 bridgehead atoms. The van der Waals surface area contributed by atoms with Gasteiger partial charge in [0.15, 0.2) is 0 Å². The number of fused-ring (bicyclic) bond motifs is 1. The van der Waals surface area contributed by atoms with Crippen LogP contribution in [-0.4, -0.2) is 34.0 Å². The summed E-state index contributed by atoms with van der Waals surface area (Å²) in [6, 6.07) is 3.63. The van der Waals surface area contributed by atoms with E-state index < -0.39 is 8.07 Å². The fourth-order valence-electron chi connectivity index (χ4n) is 2.46. The predicted molar refractivity (Wildman–Crippen MR) is 77.2 cm³/mol. The Morgan fingerprint density at radius 2 is 2.20 bits per heavy atom. The van der Waals surface area contributed by atoms with Gasteiger partial charge in [0.1, 0.15) is 14.6 Å². The van der Waals surface area contributed by atoms with Gasteiger partial charge in [0.05, 0.1) is 17.1 Å². The second-order valence-corrected chi connectivity index (χ2v) is 11.0. The number of amides is 1. The average molecular weight is 287 g/mol. The van der Waals surface area contributed by atoms with Crippen molar-refractivity contribution in [3.63, 3.8) is 0 Å². The van der Waals surface area contributed by atoms with Crippen molar-refractivity contribution in [2.45, 2.75) is 32.2 Å². The molecular weight excluding hydrogens is 270 g/mol. The Morgan fingerprint density at radius 1 is 1.40 bits per heavy atom. The highest BCUT2D eigenvalue weighted by atomic mass is 28.3. The van der Waals surface area contributed by atoms with Crippen LogP contribution in [0.15, 0.2) is 24.5 Å². The van der Waals surface area contributed by atoms with Gasteiger partial charge in [-0.05, 0) is 11.6 Å². The van der Waals surface area contributed by atoms with Gasteiger partial charge in [-0.25, -0.2) is 4.68 Å². The smallest absolute Gasteiger partial charge is 0.242 e. The number of nitrogens with one attached hydrogen (secondary N) is 1. The maximum Gasteiger partial charge on any atom is 0.242 e. The topological polar surface area (TPSA) is 72.7 Å². The highest BCUT2D eigenvalue weighted by Gasteiger charge is 2.35. The zero-order valence-electron chi connectivity index (χ0n) is 11.8. The molecule has 0 spiro atoms. The molecule has 1 aliphatic rings. The Balaban J connectivity index is 2.16. The van der Waals surface area contributed by atoms with E-state index in [1.54, 1.807) is 17.1 Å². The molecule has 0 radical (unpaired) electrons. The molecule has 1 unspecified atom stereocenters. The van der Waals surface area contributed by atoms with Gasteiger partial charge in [-0.2, -0.15) is 0 Å². The van der Waals surface area contributed by atoms with Crippen molar-refractivity contribution in [1.82, 2.24) is 25.3 Å².